The highest BCUT2D eigenvalue weighted by molar-refractivity contribution is 5.72. The van der Waals surface area contributed by atoms with Gasteiger partial charge in [-0.25, -0.2) is 4.79 Å². The van der Waals surface area contributed by atoms with E-state index in [1.54, 1.807) is 31.5 Å². The molecule has 0 aromatic heterocycles. The molecule has 1 rings (SSSR count). The van der Waals surface area contributed by atoms with Gasteiger partial charge in [-0.05, 0) is 49.5 Å². The van der Waals surface area contributed by atoms with Gasteiger partial charge < -0.3 is 25.0 Å². The van der Waals surface area contributed by atoms with E-state index in [0.29, 0.717) is 44.6 Å². The van der Waals surface area contributed by atoms with Crippen LogP contribution >= 0.6 is 0 Å². The first kappa shape index (κ1) is 26.0. The zero-order valence-electron chi connectivity index (χ0n) is 18.4. The molecule has 2 N–H and O–H groups in total. The van der Waals surface area contributed by atoms with Crippen molar-refractivity contribution in [3.05, 3.63) is 23.9 Å². The Kier molecular flexibility index (Phi) is 13.2. The highest BCUT2D eigenvalue weighted by Crippen LogP contribution is 2.28. The van der Waals surface area contributed by atoms with Crippen LogP contribution in [0.25, 0.3) is 0 Å². The Hall–Kier alpha value is -3.04. The number of alkyl carbamates (subject to hydrolysis) is 1. The van der Waals surface area contributed by atoms with Crippen molar-refractivity contribution >= 4 is 12.0 Å². The number of allylic oxidation sites excluding steroid dienone is 3. The van der Waals surface area contributed by atoms with Gasteiger partial charge in [0.1, 0.15) is 24.3 Å². The van der Waals surface area contributed by atoms with Crippen molar-refractivity contribution in [3.8, 4) is 12.1 Å². The number of hydrogen-bond acceptors (Lipinski definition) is 7. The van der Waals surface area contributed by atoms with Crippen molar-refractivity contribution in [1.82, 2.24) is 15.5 Å². The molecule has 0 saturated heterocycles. The second kappa shape index (κ2) is 15.8. The lowest BCUT2D eigenvalue weighted by atomic mass is 9.81. The minimum absolute atomic E-state index is 0.00944. The molecule has 0 spiro atoms. The molecule has 2 amide bonds. The topological polar surface area (TPSA) is 127 Å². The van der Waals surface area contributed by atoms with Crippen LogP contribution in [0, 0.1) is 34.5 Å². The molecule has 2 atom stereocenters. The highest BCUT2D eigenvalue weighted by Gasteiger charge is 2.22. The summed E-state index contributed by atoms with van der Waals surface area (Å²) in [5, 5.41) is 23.2. The van der Waals surface area contributed by atoms with Crippen LogP contribution in [0.5, 0.6) is 0 Å². The number of hydrogen-bond donors (Lipinski definition) is 2. The molecule has 0 aliphatic heterocycles. The predicted octanol–water partition coefficient (Wildman–Crippen LogP) is 2.09. The monoisotopic (exact) mass is 431 g/mol. The third kappa shape index (κ3) is 12.3. The van der Waals surface area contributed by atoms with Crippen molar-refractivity contribution in [2.24, 2.45) is 11.8 Å². The van der Waals surface area contributed by atoms with Crippen LogP contribution in [0.4, 0.5) is 4.79 Å². The predicted molar refractivity (Wildman–Crippen MR) is 115 cm³/mol. The zero-order chi connectivity index (χ0) is 22.9. The summed E-state index contributed by atoms with van der Waals surface area (Å²) in [5.74, 6) is 0.838. The van der Waals surface area contributed by atoms with Gasteiger partial charge in [-0.15, -0.1) is 0 Å². The molecule has 31 heavy (non-hydrogen) atoms. The van der Waals surface area contributed by atoms with Crippen molar-refractivity contribution in [2.75, 3.05) is 46.5 Å². The first-order chi connectivity index (χ1) is 15.0. The Balaban J connectivity index is 2.35. The summed E-state index contributed by atoms with van der Waals surface area (Å²) >= 11 is 0. The fourth-order valence-electron chi connectivity index (χ4n) is 3.43. The Bertz CT molecular complexity index is 692. The van der Waals surface area contributed by atoms with Crippen molar-refractivity contribution in [1.29, 1.82) is 10.5 Å². The third-order valence-electron chi connectivity index (χ3n) is 5.06. The van der Waals surface area contributed by atoms with E-state index in [1.807, 2.05) is 4.90 Å². The largest absolute Gasteiger partial charge is 0.448 e. The number of rotatable bonds is 12. The Morgan fingerprint density at radius 2 is 1.74 bits per heavy atom. The van der Waals surface area contributed by atoms with E-state index in [9.17, 15) is 9.59 Å². The molecule has 1 aliphatic carbocycles. The number of amides is 2. The highest BCUT2D eigenvalue weighted by atomic mass is 16.5. The van der Waals surface area contributed by atoms with E-state index in [2.05, 4.69) is 10.6 Å². The number of nitrogens with zero attached hydrogens (tertiary/aromatic N) is 3. The first-order valence-electron chi connectivity index (χ1n) is 10.5. The number of nitriles is 2. The maximum absolute atomic E-state index is 12.0. The number of nitrogens with one attached hydrogen (secondary N) is 2. The summed E-state index contributed by atoms with van der Waals surface area (Å²) in [6, 6.07) is 3.58. The molecule has 1 saturated carbocycles. The number of carbonyl (C=O) groups is 2. The Morgan fingerprint density at radius 1 is 1.10 bits per heavy atom. The van der Waals surface area contributed by atoms with E-state index in [0.717, 1.165) is 25.7 Å². The van der Waals surface area contributed by atoms with Crippen LogP contribution in [0.1, 0.15) is 32.6 Å². The van der Waals surface area contributed by atoms with Crippen LogP contribution in [0.3, 0.4) is 0 Å². The molecule has 9 heteroatoms. The first-order valence-corrected chi connectivity index (χ1v) is 10.5. The van der Waals surface area contributed by atoms with Crippen LogP contribution in [0.15, 0.2) is 23.9 Å². The lowest BCUT2D eigenvalue weighted by Gasteiger charge is -2.29. The average molecular weight is 432 g/mol. The molecule has 0 radical (unpaired) electrons. The minimum atomic E-state index is -0.448. The quantitative estimate of drug-likeness (QED) is 0.358. The molecule has 0 bridgehead atoms. The van der Waals surface area contributed by atoms with E-state index >= 15 is 0 Å². The van der Waals surface area contributed by atoms with Crippen LogP contribution in [0.2, 0.25) is 0 Å². The fraction of sp³-hybridized carbons (Fsp3) is 0.636. The summed E-state index contributed by atoms with van der Waals surface area (Å²) < 4.78 is 10.4. The van der Waals surface area contributed by atoms with E-state index in [-0.39, 0.29) is 18.1 Å². The van der Waals surface area contributed by atoms with Crippen LogP contribution in [-0.4, -0.2) is 63.4 Å². The van der Waals surface area contributed by atoms with Crippen molar-refractivity contribution in [3.63, 3.8) is 0 Å². The standard InChI is InChI=1S/C22H33N5O4/c1-18(28)25-16-19-5-3-6-20(13-19)17-26-22(29)31-12-10-27(9-11-30-2)8-4-7-21(14-23)15-24/h4,7-8,19-20H,3,5-6,9-13,16-17H2,1-2H3,(H,25,28)(H,26,29). The molecular formula is C22H33N5O4. The second-order valence-electron chi connectivity index (χ2n) is 7.53. The normalized spacial score (nSPS) is 17.8. The van der Waals surface area contributed by atoms with Gasteiger partial charge >= 0.3 is 6.09 Å². The smallest absolute Gasteiger partial charge is 0.407 e. The van der Waals surface area contributed by atoms with Gasteiger partial charge in [0.2, 0.25) is 5.91 Å². The van der Waals surface area contributed by atoms with Crippen LogP contribution < -0.4 is 10.6 Å². The second-order valence-corrected chi connectivity index (χ2v) is 7.53. The summed E-state index contributed by atoms with van der Waals surface area (Å²) in [7, 11) is 1.60. The van der Waals surface area contributed by atoms with Crippen molar-refractivity contribution in [2.45, 2.75) is 32.6 Å². The molecule has 0 heterocycles. The zero-order valence-corrected chi connectivity index (χ0v) is 18.4. The molecule has 170 valence electrons. The fourth-order valence-corrected chi connectivity index (χ4v) is 3.43. The van der Waals surface area contributed by atoms with Gasteiger partial charge in [-0.1, -0.05) is 6.42 Å². The van der Waals surface area contributed by atoms with E-state index in [4.69, 9.17) is 20.0 Å². The third-order valence-corrected chi connectivity index (χ3v) is 5.06. The Labute approximate surface area is 184 Å². The lowest BCUT2D eigenvalue weighted by Crippen LogP contribution is -2.36. The maximum Gasteiger partial charge on any atom is 0.407 e. The molecule has 0 aromatic carbocycles. The molecule has 9 nitrogen and oxygen atoms in total. The lowest BCUT2D eigenvalue weighted by molar-refractivity contribution is -0.119. The average Bonchev–Trinajstić information content (AvgIpc) is 2.77. The van der Waals surface area contributed by atoms with Gasteiger partial charge in [0, 0.05) is 33.7 Å². The minimum Gasteiger partial charge on any atom is -0.448 e. The summed E-state index contributed by atoms with van der Waals surface area (Å²) in [4.78, 5) is 25.0. The summed E-state index contributed by atoms with van der Waals surface area (Å²) in [5.41, 5.74) is 0.0144. The summed E-state index contributed by atoms with van der Waals surface area (Å²) in [6.07, 6.45) is 8.56. The Morgan fingerprint density at radius 3 is 2.35 bits per heavy atom. The number of methoxy groups -OCH3 is 1. The number of ether oxygens (including phenoxy) is 2. The molecular weight excluding hydrogens is 398 g/mol. The SMILES string of the molecule is COCCN(C=CC=C(C#N)C#N)CCOC(=O)NCC1CCCC(CNC(C)=O)C1. The van der Waals surface area contributed by atoms with Gasteiger partial charge in [-0.2, -0.15) is 10.5 Å². The van der Waals surface area contributed by atoms with E-state index < -0.39 is 6.09 Å². The van der Waals surface area contributed by atoms with Crippen LogP contribution in [-0.2, 0) is 14.3 Å². The van der Waals surface area contributed by atoms with Gasteiger partial charge in [0.25, 0.3) is 0 Å². The van der Waals surface area contributed by atoms with Gasteiger partial charge in [-0.3, -0.25) is 4.79 Å². The maximum atomic E-state index is 12.0. The molecule has 1 aliphatic rings. The molecule has 2 unspecified atom stereocenters. The number of carbonyl (C=O) groups excluding carboxylic acids is 2. The van der Waals surface area contributed by atoms with Gasteiger partial charge in [0.15, 0.2) is 0 Å². The van der Waals surface area contributed by atoms with E-state index in [1.165, 1.54) is 13.0 Å². The molecule has 0 aromatic rings. The molecule has 1 fully saturated rings. The van der Waals surface area contributed by atoms with Gasteiger partial charge in [0.05, 0.1) is 13.2 Å². The van der Waals surface area contributed by atoms with Crippen molar-refractivity contribution < 1.29 is 19.1 Å². The summed E-state index contributed by atoms with van der Waals surface area (Å²) in [6.45, 7) is 4.51.